The predicted molar refractivity (Wildman–Crippen MR) is 84.1 cm³/mol. The average Bonchev–Trinajstić information content (AvgIpc) is 2.57. The van der Waals surface area contributed by atoms with Gasteiger partial charge in [0.2, 0.25) is 0 Å². The lowest BCUT2D eigenvalue weighted by atomic mass is 9.99. The molecule has 2 rings (SSSR count). The minimum atomic E-state index is -1.39. The van der Waals surface area contributed by atoms with E-state index in [1.165, 1.54) is 6.92 Å². The highest BCUT2D eigenvalue weighted by Crippen LogP contribution is 2.25. The topological polar surface area (TPSA) is 112 Å². The van der Waals surface area contributed by atoms with Gasteiger partial charge in [0.1, 0.15) is 24.9 Å². The first-order valence-corrected chi connectivity index (χ1v) is 7.86. The second-order valence-electron chi connectivity index (χ2n) is 5.70. The molecule has 1 aliphatic rings. The molecule has 1 heterocycles. The molecule has 1 saturated heterocycles. The molecule has 0 bridgehead atoms. The van der Waals surface area contributed by atoms with E-state index in [-0.39, 0.29) is 13.2 Å². The van der Waals surface area contributed by atoms with Crippen LogP contribution in [0.2, 0.25) is 0 Å². The number of aliphatic hydroxyl groups excluding tert-OH is 2. The van der Waals surface area contributed by atoms with Gasteiger partial charge in [0.05, 0.1) is 6.61 Å². The van der Waals surface area contributed by atoms with Crippen LogP contribution in [0.15, 0.2) is 30.3 Å². The maximum Gasteiger partial charge on any atom is 0.303 e. The van der Waals surface area contributed by atoms with E-state index in [1.807, 2.05) is 30.3 Å². The first kappa shape index (κ1) is 19.3. The molecule has 0 unspecified atom stereocenters. The SMILES string of the molecule is CC(=O)OC[C@H]1O[C@H](OCc2ccccc2)[C@@H](O)[C@@H](OC(C)=O)[C@@H]1O. The molecule has 1 aromatic carbocycles. The van der Waals surface area contributed by atoms with Gasteiger partial charge >= 0.3 is 11.9 Å². The van der Waals surface area contributed by atoms with Gasteiger partial charge in [-0.3, -0.25) is 9.59 Å². The minimum absolute atomic E-state index is 0.145. The van der Waals surface area contributed by atoms with Gasteiger partial charge in [0.25, 0.3) is 0 Å². The summed E-state index contributed by atoms with van der Waals surface area (Å²) in [6.45, 7) is 2.27. The van der Waals surface area contributed by atoms with Crippen LogP contribution in [0.3, 0.4) is 0 Å². The van der Waals surface area contributed by atoms with E-state index < -0.39 is 42.6 Å². The summed E-state index contributed by atoms with van der Waals surface area (Å²) in [6.07, 6.45) is -6.18. The molecule has 25 heavy (non-hydrogen) atoms. The zero-order chi connectivity index (χ0) is 18.4. The lowest BCUT2D eigenvalue weighted by Crippen LogP contribution is -2.60. The number of carbonyl (C=O) groups is 2. The lowest BCUT2D eigenvalue weighted by Gasteiger charge is -2.41. The van der Waals surface area contributed by atoms with Crippen LogP contribution < -0.4 is 0 Å². The van der Waals surface area contributed by atoms with E-state index in [9.17, 15) is 19.8 Å². The van der Waals surface area contributed by atoms with Gasteiger partial charge in [-0.15, -0.1) is 0 Å². The van der Waals surface area contributed by atoms with Crippen molar-refractivity contribution in [3.8, 4) is 0 Å². The summed E-state index contributed by atoms with van der Waals surface area (Å²) in [6, 6.07) is 9.21. The summed E-state index contributed by atoms with van der Waals surface area (Å²) < 4.78 is 20.9. The Balaban J connectivity index is 2.07. The molecule has 1 aliphatic heterocycles. The monoisotopic (exact) mass is 354 g/mol. The number of rotatable bonds is 6. The van der Waals surface area contributed by atoms with Crippen molar-refractivity contribution in [3.63, 3.8) is 0 Å². The van der Waals surface area contributed by atoms with Gasteiger partial charge in [-0.05, 0) is 5.56 Å². The second kappa shape index (κ2) is 8.91. The average molecular weight is 354 g/mol. The van der Waals surface area contributed by atoms with Gasteiger partial charge in [0.15, 0.2) is 12.4 Å². The summed E-state index contributed by atoms with van der Waals surface area (Å²) in [4.78, 5) is 22.2. The molecule has 2 N–H and O–H groups in total. The summed E-state index contributed by atoms with van der Waals surface area (Å²) in [5.41, 5.74) is 0.852. The van der Waals surface area contributed by atoms with E-state index in [1.54, 1.807) is 0 Å². The van der Waals surface area contributed by atoms with Crippen LogP contribution >= 0.6 is 0 Å². The van der Waals surface area contributed by atoms with Gasteiger partial charge in [-0.1, -0.05) is 30.3 Å². The van der Waals surface area contributed by atoms with Crippen molar-refractivity contribution in [2.45, 2.75) is 51.2 Å². The standard InChI is InChI=1S/C17H22O8/c1-10(18)22-9-13-14(20)16(24-11(2)19)15(21)17(25-13)23-8-12-6-4-3-5-7-12/h3-7,13-17,20-21H,8-9H2,1-2H3/t13-,14-,15+,16+,17+/m1/s1. The van der Waals surface area contributed by atoms with Crippen LogP contribution in [0.5, 0.6) is 0 Å². The highest BCUT2D eigenvalue weighted by atomic mass is 16.7. The molecule has 0 radical (unpaired) electrons. The molecular weight excluding hydrogens is 332 g/mol. The Hall–Kier alpha value is -2.00. The molecule has 5 atom stereocenters. The number of esters is 2. The zero-order valence-corrected chi connectivity index (χ0v) is 14.0. The van der Waals surface area contributed by atoms with Crippen LogP contribution in [0.4, 0.5) is 0 Å². The van der Waals surface area contributed by atoms with E-state index in [2.05, 4.69) is 0 Å². The Bertz CT molecular complexity index is 575. The maximum atomic E-state index is 11.3. The Labute approximate surface area is 145 Å². The molecule has 1 aromatic rings. The fourth-order valence-corrected chi connectivity index (χ4v) is 2.46. The van der Waals surface area contributed by atoms with Gasteiger partial charge in [-0.2, -0.15) is 0 Å². The first-order valence-electron chi connectivity index (χ1n) is 7.86. The number of benzene rings is 1. The third-order valence-corrected chi connectivity index (χ3v) is 3.65. The summed E-state index contributed by atoms with van der Waals surface area (Å²) >= 11 is 0. The fourth-order valence-electron chi connectivity index (χ4n) is 2.46. The van der Waals surface area contributed by atoms with Crippen LogP contribution in [-0.2, 0) is 35.1 Å². The number of carbonyl (C=O) groups excluding carboxylic acids is 2. The Morgan fingerprint density at radius 1 is 1.08 bits per heavy atom. The highest BCUT2D eigenvalue weighted by Gasteiger charge is 2.47. The third kappa shape index (κ3) is 5.50. The molecule has 0 spiro atoms. The van der Waals surface area contributed by atoms with Gasteiger partial charge < -0.3 is 29.2 Å². The summed E-state index contributed by atoms with van der Waals surface area (Å²) in [5, 5.41) is 20.6. The van der Waals surface area contributed by atoms with E-state index in [0.29, 0.717) is 0 Å². The predicted octanol–water partition coefficient (Wildman–Crippen LogP) is 0.145. The van der Waals surface area contributed by atoms with Gasteiger partial charge in [0, 0.05) is 13.8 Å². The molecule has 138 valence electrons. The normalized spacial score (nSPS) is 29.0. The number of aliphatic hydroxyl groups is 2. The largest absolute Gasteiger partial charge is 0.463 e. The molecule has 0 aliphatic carbocycles. The second-order valence-corrected chi connectivity index (χ2v) is 5.70. The maximum absolute atomic E-state index is 11.3. The van der Waals surface area contributed by atoms with Crippen molar-refractivity contribution in [2.75, 3.05) is 6.61 Å². The van der Waals surface area contributed by atoms with E-state index in [0.717, 1.165) is 12.5 Å². The number of ether oxygens (including phenoxy) is 4. The third-order valence-electron chi connectivity index (χ3n) is 3.65. The van der Waals surface area contributed by atoms with Crippen molar-refractivity contribution in [3.05, 3.63) is 35.9 Å². The van der Waals surface area contributed by atoms with Gasteiger partial charge in [-0.25, -0.2) is 0 Å². The molecule has 0 aromatic heterocycles. The zero-order valence-electron chi connectivity index (χ0n) is 14.0. The van der Waals surface area contributed by atoms with Crippen molar-refractivity contribution >= 4 is 11.9 Å². The van der Waals surface area contributed by atoms with Crippen molar-refractivity contribution in [1.29, 1.82) is 0 Å². The number of hydrogen-bond acceptors (Lipinski definition) is 8. The van der Waals surface area contributed by atoms with Crippen molar-refractivity contribution < 1.29 is 38.7 Å². The van der Waals surface area contributed by atoms with Crippen LogP contribution in [-0.4, -0.2) is 59.5 Å². The lowest BCUT2D eigenvalue weighted by molar-refractivity contribution is -0.306. The van der Waals surface area contributed by atoms with Crippen molar-refractivity contribution in [2.24, 2.45) is 0 Å². The van der Waals surface area contributed by atoms with Crippen LogP contribution in [0.25, 0.3) is 0 Å². The van der Waals surface area contributed by atoms with Crippen LogP contribution in [0, 0.1) is 0 Å². The van der Waals surface area contributed by atoms with Crippen LogP contribution in [0.1, 0.15) is 19.4 Å². The minimum Gasteiger partial charge on any atom is -0.463 e. The smallest absolute Gasteiger partial charge is 0.303 e. The van der Waals surface area contributed by atoms with Crippen molar-refractivity contribution in [1.82, 2.24) is 0 Å². The summed E-state index contributed by atoms with van der Waals surface area (Å²) in [5.74, 6) is -1.22. The first-order chi connectivity index (χ1) is 11.9. The molecular formula is C17H22O8. The highest BCUT2D eigenvalue weighted by molar-refractivity contribution is 5.66. The molecule has 1 fully saturated rings. The Morgan fingerprint density at radius 2 is 1.76 bits per heavy atom. The molecule has 0 amide bonds. The quantitative estimate of drug-likeness (QED) is 0.694. The number of hydrogen-bond donors (Lipinski definition) is 2. The Morgan fingerprint density at radius 3 is 2.36 bits per heavy atom. The van der Waals surface area contributed by atoms with E-state index in [4.69, 9.17) is 18.9 Å². The Kier molecular flexibility index (Phi) is 6.89. The molecule has 0 saturated carbocycles. The van der Waals surface area contributed by atoms with E-state index >= 15 is 0 Å². The molecule has 8 heteroatoms. The fraction of sp³-hybridized carbons (Fsp3) is 0.529. The summed E-state index contributed by atoms with van der Waals surface area (Å²) in [7, 11) is 0. The molecule has 8 nitrogen and oxygen atoms in total.